The maximum Gasteiger partial charge on any atom is 0.156 e. The first-order valence-electron chi connectivity index (χ1n) is 7.03. The maximum absolute atomic E-state index is 6.15. The molecule has 1 spiro atoms. The molecule has 1 unspecified atom stereocenters. The van der Waals surface area contributed by atoms with Gasteiger partial charge in [0, 0.05) is 12.8 Å². The van der Waals surface area contributed by atoms with Crippen LogP contribution >= 0.6 is 15.9 Å². The SMILES string of the molecule is Nc1cccc(Br)c1OC1CCOC2(CCCC2)C1. The molecule has 3 nitrogen and oxygen atoms in total. The molecule has 0 radical (unpaired) electrons. The Kier molecular flexibility index (Phi) is 3.72. The summed E-state index contributed by atoms with van der Waals surface area (Å²) in [6, 6.07) is 5.77. The van der Waals surface area contributed by atoms with Crippen molar-refractivity contribution < 1.29 is 9.47 Å². The van der Waals surface area contributed by atoms with Gasteiger partial charge in [-0.05, 0) is 40.9 Å². The van der Waals surface area contributed by atoms with E-state index in [1.165, 1.54) is 25.7 Å². The molecule has 1 saturated carbocycles. The number of hydrogen-bond donors (Lipinski definition) is 1. The number of halogens is 1. The van der Waals surface area contributed by atoms with Gasteiger partial charge >= 0.3 is 0 Å². The molecule has 0 amide bonds. The Morgan fingerprint density at radius 1 is 1.32 bits per heavy atom. The lowest BCUT2D eigenvalue weighted by Crippen LogP contribution is -2.41. The fourth-order valence-corrected chi connectivity index (χ4v) is 3.74. The molecule has 1 saturated heterocycles. The molecule has 0 aromatic heterocycles. The molecular formula is C15H20BrNO2. The Hall–Kier alpha value is -0.740. The van der Waals surface area contributed by atoms with Gasteiger partial charge < -0.3 is 15.2 Å². The third-order valence-electron chi connectivity index (χ3n) is 4.24. The van der Waals surface area contributed by atoms with Crippen LogP contribution in [0.3, 0.4) is 0 Å². The summed E-state index contributed by atoms with van der Waals surface area (Å²) in [5.74, 6) is 0.780. The molecule has 0 bridgehead atoms. The first-order valence-corrected chi connectivity index (χ1v) is 7.82. The zero-order chi connectivity index (χ0) is 13.3. The zero-order valence-corrected chi connectivity index (χ0v) is 12.6. The molecule has 1 heterocycles. The number of rotatable bonds is 2. The van der Waals surface area contributed by atoms with Crippen LogP contribution in [0.1, 0.15) is 38.5 Å². The lowest BCUT2D eigenvalue weighted by atomic mass is 9.90. The third kappa shape index (κ3) is 2.75. The maximum atomic E-state index is 6.15. The minimum absolute atomic E-state index is 0.0823. The van der Waals surface area contributed by atoms with Crippen molar-refractivity contribution in [2.24, 2.45) is 0 Å². The Balaban J connectivity index is 1.73. The van der Waals surface area contributed by atoms with Gasteiger partial charge in [0.2, 0.25) is 0 Å². The molecule has 1 atom stereocenters. The normalized spacial score (nSPS) is 25.6. The first kappa shape index (κ1) is 13.3. The first-order chi connectivity index (χ1) is 9.19. The highest BCUT2D eigenvalue weighted by Crippen LogP contribution is 2.42. The van der Waals surface area contributed by atoms with Crippen LogP contribution in [0.2, 0.25) is 0 Å². The second kappa shape index (κ2) is 5.33. The van der Waals surface area contributed by atoms with Gasteiger partial charge in [0.1, 0.15) is 6.10 Å². The van der Waals surface area contributed by atoms with Gasteiger partial charge in [-0.2, -0.15) is 0 Å². The highest BCUT2D eigenvalue weighted by molar-refractivity contribution is 9.10. The summed E-state index contributed by atoms with van der Waals surface area (Å²) >= 11 is 3.51. The fraction of sp³-hybridized carbons (Fsp3) is 0.600. The molecule has 2 fully saturated rings. The Morgan fingerprint density at radius 3 is 2.84 bits per heavy atom. The number of anilines is 1. The van der Waals surface area contributed by atoms with Gasteiger partial charge in [-0.15, -0.1) is 0 Å². The predicted octanol–water partition coefficient (Wildman–Crippen LogP) is 3.90. The van der Waals surface area contributed by atoms with E-state index in [4.69, 9.17) is 15.2 Å². The number of ether oxygens (including phenoxy) is 2. The summed E-state index contributed by atoms with van der Waals surface area (Å²) in [4.78, 5) is 0. The summed E-state index contributed by atoms with van der Waals surface area (Å²) in [6.45, 7) is 0.801. The van der Waals surface area contributed by atoms with Crippen LogP contribution in [-0.2, 0) is 4.74 Å². The summed E-state index contributed by atoms with van der Waals surface area (Å²) in [7, 11) is 0. The van der Waals surface area contributed by atoms with Crippen molar-refractivity contribution in [2.45, 2.75) is 50.2 Å². The average Bonchev–Trinajstić information content (AvgIpc) is 2.82. The van der Waals surface area contributed by atoms with Gasteiger partial charge in [-0.3, -0.25) is 0 Å². The lowest BCUT2D eigenvalue weighted by Gasteiger charge is -2.38. The molecule has 2 N–H and O–H groups in total. The molecule has 1 aromatic rings. The largest absolute Gasteiger partial charge is 0.487 e. The van der Waals surface area contributed by atoms with Crippen molar-refractivity contribution in [3.05, 3.63) is 22.7 Å². The van der Waals surface area contributed by atoms with E-state index in [1.807, 2.05) is 18.2 Å². The van der Waals surface area contributed by atoms with Crippen LogP contribution in [0, 0.1) is 0 Å². The zero-order valence-electron chi connectivity index (χ0n) is 11.0. The molecule has 1 aliphatic carbocycles. The van der Waals surface area contributed by atoms with E-state index in [9.17, 15) is 0 Å². The molecule has 19 heavy (non-hydrogen) atoms. The van der Waals surface area contributed by atoms with Crippen molar-refractivity contribution in [3.63, 3.8) is 0 Å². The predicted molar refractivity (Wildman–Crippen MR) is 79.4 cm³/mol. The highest BCUT2D eigenvalue weighted by Gasteiger charge is 2.40. The van der Waals surface area contributed by atoms with Crippen LogP contribution in [-0.4, -0.2) is 18.3 Å². The number of hydrogen-bond acceptors (Lipinski definition) is 3. The van der Waals surface area contributed by atoms with Gasteiger partial charge in [0.15, 0.2) is 5.75 Å². The van der Waals surface area contributed by atoms with Crippen molar-refractivity contribution in [3.8, 4) is 5.75 Å². The summed E-state index contributed by atoms with van der Waals surface area (Å²) in [5, 5.41) is 0. The molecule has 1 aromatic carbocycles. The average molecular weight is 326 g/mol. The minimum atomic E-state index is 0.0823. The van der Waals surface area contributed by atoms with Crippen molar-refractivity contribution in [2.75, 3.05) is 12.3 Å². The summed E-state index contributed by atoms with van der Waals surface area (Å²) < 4.78 is 13.1. The number of nitrogens with two attached hydrogens (primary N) is 1. The molecule has 104 valence electrons. The fourth-order valence-electron chi connectivity index (χ4n) is 3.27. The van der Waals surface area contributed by atoms with Crippen molar-refractivity contribution in [1.82, 2.24) is 0 Å². The third-order valence-corrected chi connectivity index (χ3v) is 4.87. The van der Waals surface area contributed by atoms with Crippen molar-refractivity contribution >= 4 is 21.6 Å². The summed E-state index contributed by atoms with van der Waals surface area (Å²) in [6.07, 6.45) is 7.08. The smallest absolute Gasteiger partial charge is 0.156 e. The lowest BCUT2D eigenvalue weighted by molar-refractivity contribution is -0.108. The van der Waals surface area contributed by atoms with E-state index in [1.54, 1.807) is 0 Å². The topological polar surface area (TPSA) is 44.5 Å². The number of nitrogen functional groups attached to an aromatic ring is 1. The molecule has 4 heteroatoms. The molecule has 1 aliphatic heterocycles. The van der Waals surface area contributed by atoms with E-state index in [2.05, 4.69) is 15.9 Å². The van der Waals surface area contributed by atoms with Crippen LogP contribution < -0.4 is 10.5 Å². The van der Waals surface area contributed by atoms with Crippen LogP contribution in [0.25, 0.3) is 0 Å². The monoisotopic (exact) mass is 325 g/mol. The van der Waals surface area contributed by atoms with Crippen LogP contribution in [0.15, 0.2) is 22.7 Å². The van der Waals surface area contributed by atoms with E-state index in [-0.39, 0.29) is 11.7 Å². The van der Waals surface area contributed by atoms with Crippen molar-refractivity contribution in [1.29, 1.82) is 0 Å². The molecular weight excluding hydrogens is 306 g/mol. The van der Waals surface area contributed by atoms with Gasteiger partial charge in [0.05, 0.1) is 22.4 Å². The number of para-hydroxylation sites is 1. The van der Waals surface area contributed by atoms with Gasteiger partial charge in [-0.1, -0.05) is 18.9 Å². The van der Waals surface area contributed by atoms with E-state index >= 15 is 0 Å². The van der Waals surface area contributed by atoms with Gasteiger partial charge in [0.25, 0.3) is 0 Å². The second-order valence-electron chi connectivity index (χ2n) is 5.63. The second-order valence-corrected chi connectivity index (χ2v) is 6.48. The van der Waals surface area contributed by atoms with E-state index in [0.29, 0.717) is 5.69 Å². The Morgan fingerprint density at radius 2 is 2.11 bits per heavy atom. The Bertz CT molecular complexity index is 437. The van der Waals surface area contributed by atoms with Crippen LogP contribution in [0.5, 0.6) is 5.75 Å². The minimum Gasteiger partial charge on any atom is -0.487 e. The van der Waals surface area contributed by atoms with E-state index in [0.717, 1.165) is 29.7 Å². The molecule has 3 rings (SSSR count). The quantitative estimate of drug-likeness (QED) is 0.838. The van der Waals surface area contributed by atoms with Crippen LogP contribution in [0.4, 0.5) is 5.69 Å². The van der Waals surface area contributed by atoms with E-state index < -0.39 is 0 Å². The molecule has 2 aliphatic rings. The van der Waals surface area contributed by atoms with Gasteiger partial charge in [-0.25, -0.2) is 0 Å². The standard InChI is InChI=1S/C15H20BrNO2/c16-12-4-3-5-13(17)14(12)19-11-6-9-18-15(10-11)7-1-2-8-15/h3-5,11H,1-2,6-10,17H2. The summed E-state index contributed by atoms with van der Waals surface area (Å²) in [5.41, 5.74) is 6.78. The highest BCUT2D eigenvalue weighted by atomic mass is 79.9. The number of benzene rings is 1. The Labute approximate surface area is 122 Å².